The van der Waals surface area contributed by atoms with Crippen LogP contribution < -0.4 is 10.9 Å². The number of amides is 1. The number of hydrogen-bond acceptors (Lipinski definition) is 5. The lowest BCUT2D eigenvalue weighted by Gasteiger charge is -2.04. The molecule has 0 aliphatic heterocycles. The van der Waals surface area contributed by atoms with Crippen molar-refractivity contribution in [3.8, 4) is 0 Å². The molecule has 1 rings (SSSR count). The van der Waals surface area contributed by atoms with Crippen LogP contribution in [-0.2, 0) is 16.0 Å². The number of ether oxygens (including phenoxy) is 1. The number of carboxylic acids is 1. The first kappa shape index (κ1) is 14.4. The Morgan fingerprint density at radius 2 is 2.32 bits per heavy atom. The highest BCUT2D eigenvalue weighted by Gasteiger charge is 2.08. The monoisotopic (exact) mass is 267 g/mol. The molecule has 102 valence electrons. The van der Waals surface area contributed by atoms with Gasteiger partial charge in [0.2, 0.25) is 5.95 Å². The number of rotatable bonds is 6. The number of aromatic amines is 1. The van der Waals surface area contributed by atoms with E-state index < -0.39 is 17.6 Å². The van der Waals surface area contributed by atoms with Crippen molar-refractivity contribution in [1.29, 1.82) is 0 Å². The van der Waals surface area contributed by atoms with Crippen molar-refractivity contribution in [3.05, 3.63) is 34.8 Å². The average molecular weight is 267 g/mol. The highest BCUT2D eigenvalue weighted by molar-refractivity contribution is 5.82. The zero-order valence-electron chi connectivity index (χ0n) is 10.0. The van der Waals surface area contributed by atoms with E-state index in [1.165, 1.54) is 12.3 Å². The maximum Gasteiger partial charge on any atom is 0.414 e. The van der Waals surface area contributed by atoms with Gasteiger partial charge in [-0.1, -0.05) is 12.7 Å². The van der Waals surface area contributed by atoms with Gasteiger partial charge in [-0.25, -0.2) is 9.78 Å². The van der Waals surface area contributed by atoms with Gasteiger partial charge in [-0.2, -0.15) is 0 Å². The van der Waals surface area contributed by atoms with Crippen LogP contribution in [0, 0.1) is 0 Å². The molecule has 0 aliphatic rings. The summed E-state index contributed by atoms with van der Waals surface area (Å²) in [5.74, 6) is -1.08. The summed E-state index contributed by atoms with van der Waals surface area (Å²) >= 11 is 0. The summed E-state index contributed by atoms with van der Waals surface area (Å²) in [5, 5.41) is 10.7. The Hall–Kier alpha value is -2.64. The van der Waals surface area contributed by atoms with E-state index in [9.17, 15) is 14.4 Å². The van der Waals surface area contributed by atoms with E-state index in [4.69, 9.17) is 5.11 Å². The van der Waals surface area contributed by atoms with Gasteiger partial charge in [-0.15, -0.1) is 0 Å². The van der Waals surface area contributed by atoms with Crippen molar-refractivity contribution >= 4 is 18.0 Å². The van der Waals surface area contributed by atoms with Crippen molar-refractivity contribution in [1.82, 2.24) is 9.97 Å². The second-order valence-corrected chi connectivity index (χ2v) is 3.49. The Kier molecular flexibility index (Phi) is 5.27. The lowest BCUT2D eigenvalue weighted by Crippen LogP contribution is -2.21. The number of aliphatic carboxylic acids is 1. The number of anilines is 1. The first-order valence-corrected chi connectivity index (χ1v) is 5.37. The van der Waals surface area contributed by atoms with Crippen molar-refractivity contribution in [2.45, 2.75) is 12.8 Å². The molecule has 0 fully saturated rings. The second kappa shape index (κ2) is 6.94. The molecule has 0 saturated carbocycles. The third-order valence-corrected chi connectivity index (χ3v) is 2.03. The molecule has 0 unspecified atom stereocenters. The van der Waals surface area contributed by atoms with Crippen LogP contribution in [0.4, 0.5) is 10.7 Å². The number of aryl methyl sites for hydroxylation is 1. The first-order chi connectivity index (χ1) is 9.02. The number of aromatic nitrogens is 2. The number of carboxylic acid groups (broad SMARTS) is 1. The third-order valence-electron chi connectivity index (χ3n) is 2.03. The van der Waals surface area contributed by atoms with Gasteiger partial charge in [0.1, 0.15) is 6.61 Å². The van der Waals surface area contributed by atoms with Gasteiger partial charge in [0, 0.05) is 18.2 Å². The number of nitrogens with one attached hydrogen (secondary N) is 2. The number of H-pyrrole nitrogens is 1. The zero-order chi connectivity index (χ0) is 14.3. The van der Waals surface area contributed by atoms with Crippen LogP contribution in [-0.4, -0.2) is 33.7 Å². The largest absolute Gasteiger partial charge is 0.481 e. The van der Waals surface area contributed by atoms with Crippen LogP contribution in [0.5, 0.6) is 0 Å². The molecule has 0 saturated heterocycles. The van der Waals surface area contributed by atoms with Gasteiger partial charge in [0.15, 0.2) is 0 Å². The smallest absolute Gasteiger partial charge is 0.414 e. The Balaban J connectivity index is 2.66. The first-order valence-electron chi connectivity index (χ1n) is 5.37. The molecule has 0 radical (unpaired) electrons. The molecule has 0 aromatic carbocycles. The summed E-state index contributed by atoms with van der Waals surface area (Å²) in [5.41, 5.74) is -0.275. The summed E-state index contributed by atoms with van der Waals surface area (Å²) in [6, 6.07) is 0. The molecule has 19 heavy (non-hydrogen) atoms. The number of carbonyl (C=O) groups is 2. The van der Waals surface area contributed by atoms with Crippen LogP contribution in [0.1, 0.15) is 12.0 Å². The highest BCUT2D eigenvalue weighted by Crippen LogP contribution is 1.99. The number of hydrogen-bond donors (Lipinski definition) is 3. The summed E-state index contributed by atoms with van der Waals surface area (Å²) < 4.78 is 4.64. The lowest BCUT2D eigenvalue weighted by molar-refractivity contribution is -0.136. The zero-order valence-corrected chi connectivity index (χ0v) is 10.0. The van der Waals surface area contributed by atoms with E-state index in [-0.39, 0.29) is 31.0 Å². The van der Waals surface area contributed by atoms with E-state index in [1.54, 1.807) is 0 Å². The SMILES string of the molecule is C=CCOC(=O)Nc1ncc(CCC(=O)O)c(=O)[nH]1. The van der Waals surface area contributed by atoms with E-state index in [2.05, 4.69) is 26.6 Å². The maximum absolute atomic E-state index is 11.6. The van der Waals surface area contributed by atoms with Gasteiger partial charge >= 0.3 is 12.1 Å². The molecule has 1 amide bonds. The summed E-state index contributed by atoms with van der Waals surface area (Å²) in [6.07, 6.45) is 1.73. The predicted molar refractivity (Wildman–Crippen MR) is 66.0 cm³/mol. The summed E-state index contributed by atoms with van der Waals surface area (Å²) in [4.78, 5) is 39.2. The molecule has 1 aromatic heterocycles. The molecule has 3 N–H and O–H groups in total. The highest BCUT2D eigenvalue weighted by atomic mass is 16.5. The Morgan fingerprint density at radius 1 is 1.58 bits per heavy atom. The van der Waals surface area contributed by atoms with Crippen LogP contribution >= 0.6 is 0 Å². The minimum Gasteiger partial charge on any atom is -0.481 e. The quantitative estimate of drug-likeness (QED) is 0.646. The van der Waals surface area contributed by atoms with Gasteiger partial charge in [0.05, 0.1) is 0 Å². The van der Waals surface area contributed by atoms with Crippen molar-refractivity contribution in [2.75, 3.05) is 11.9 Å². The molecular formula is C11H13N3O5. The third kappa shape index (κ3) is 5.02. The van der Waals surface area contributed by atoms with E-state index in [0.29, 0.717) is 0 Å². The van der Waals surface area contributed by atoms with Crippen molar-refractivity contribution in [2.24, 2.45) is 0 Å². The van der Waals surface area contributed by atoms with Crippen molar-refractivity contribution in [3.63, 3.8) is 0 Å². The molecule has 8 heteroatoms. The minimum absolute atomic E-state index is 0.0345. The molecule has 0 atom stereocenters. The topological polar surface area (TPSA) is 121 Å². The van der Waals surface area contributed by atoms with Gasteiger partial charge in [-0.3, -0.25) is 19.9 Å². The van der Waals surface area contributed by atoms with Crippen LogP contribution in [0.15, 0.2) is 23.6 Å². The second-order valence-electron chi connectivity index (χ2n) is 3.49. The normalized spacial score (nSPS) is 9.68. The van der Waals surface area contributed by atoms with Gasteiger partial charge < -0.3 is 9.84 Å². The summed E-state index contributed by atoms with van der Waals surface area (Å²) in [6.45, 7) is 3.41. The average Bonchev–Trinajstić information content (AvgIpc) is 2.35. The standard InChI is InChI=1S/C11H13N3O5/c1-2-5-19-11(18)14-10-12-6-7(9(17)13-10)3-4-8(15)16/h2,6H,1,3-5H2,(H,15,16)(H2,12,13,14,17,18). The predicted octanol–water partition coefficient (Wildman–Crippen LogP) is 0.522. The lowest BCUT2D eigenvalue weighted by atomic mass is 10.2. The molecule has 8 nitrogen and oxygen atoms in total. The van der Waals surface area contributed by atoms with E-state index in [1.807, 2.05) is 0 Å². The Morgan fingerprint density at radius 3 is 2.89 bits per heavy atom. The molecule has 0 bridgehead atoms. The minimum atomic E-state index is -1.00. The fourth-order valence-electron chi connectivity index (χ4n) is 1.17. The van der Waals surface area contributed by atoms with E-state index in [0.717, 1.165) is 0 Å². The summed E-state index contributed by atoms with van der Waals surface area (Å²) in [7, 11) is 0. The Labute approximate surface area is 108 Å². The number of nitrogens with zero attached hydrogens (tertiary/aromatic N) is 1. The van der Waals surface area contributed by atoms with E-state index >= 15 is 0 Å². The van der Waals surface area contributed by atoms with Gasteiger partial charge in [0.25, 0.3) is 5.56 Å². The Bertz CT molecular complexity index is 537. The maximum atomic E-state index is 11.6. The molecule has 1 aromatic rings. The molecule has 0 aliphatic carbocycles. The molecule has 0 spiro atoms. The molecule has 1 heterocycles. The van der Waals surface area contributed by atoms with Crippen LogP contribution in [0.3, 0.4) is 0 Å². The van der Waals surface area contributed by atoms with Crippen LogP contribution in [0.25, 0.3) is 0 Å². The fraction of sp³-hybridized carbons (Fsp3) is 0.273. The van der Waals surface area contributed by atoms with Crippen molar-refractivity contribution < 1.29 is 19.4 Å². The number of carbonyl (C=O) groups excluding carboxylic acids is 1. The van der Waals surface area contributed by atoms with Crippen LogP contribution in [0.2, 0.25) is 0 Å². The molecular weight excluding hydrogens is 254 g/mol. The van der Waals surface area contributed by atoms with Gasteiger partial charge in [-0.05, 0) is 6.42 Å². The fourth-order valence-corrected chi connectivity index (χ4v) is 1.17.